The van der Waals surface area contributed by atoms with Crippen LogP contribution in [0, 0.1) is 11.6 Å². The summed E-state index contributed by atoms with van der Waals surface area (Å²) in [6.07, 6.45) is 0. The molecule has 0 saturated carbocycles. The van der Waals surface area contributed by atoms with E-state index in [-0.39, 0.29) is 38.1 Å². The zero-order chi connectivity index (χ0) is 34.7. The minimum Gasteiger partial charge on any atom is -0.506 e. The van der Waals surface area contributed by atoms with Crippen LogP contribution in [-0.4, -0.2) is 25.3 Å². The Bertz CT molecular complexity index is 2510. The normalized spacial score (nSPS) is 11.4. The van der Waals surface area contributed by atoms with Crippen molar-refractivity contribution in [2.45, 2.75) is 0 Å². The maximum absolute atomic E-state index is 16.3. The van der Waals surface area contributed by atoms with Gasteiger partial charge in [-0.25, -0.2) is 18.7 Å². The van der Waals surface area contributed by atoms with Gasteiger partial charge in [0.25, 0.3) is 0 Å². The minimum atomic E-state index is -1.07. The van der Waals surface area contributed by atoms with Crippen LogP contribution in [-0.2, 0) is 0 Å². The number of fused-ring (bicyclic) bond motifs is 2. The Balaban J connectivity index is 1.26. The number of anilines is 3. The van der Waals surface area contributed by atoms with Gasteiger partial charge in [-0.2, -0.15) is 0 Å². The van der Waals surface area contributed by atoms with E-state index < -0.39 is 40.3 Å². The molecule has 0 saturated heterocycles. The fraction of sp³-hybridized carbons (Fsp3) is 0. The van der Waals surface area contributed by atoms with Crippen molar-refractivity contribution in [2.24, 2.45) is 0 Å². The molecule has 12 heteroatoms. The van der Waals surface area contributed by atoms with Crippen LogP contribution in [0.25, 0.3) is 56.2 Å². The van der Waals surface area contributed by atoms with Crippen LogP contribution in [0.3, 0.4) is 0 Å². The molecule has 2 heterocycles. The van der Waals surface area contributed by atoms with Gasteiger partial charge in [-0.1, -0.05) is 76.1 Å². The van der Waals surface area contributed by atoms with Crippen LogP contribution in [0.1, 0.15) is 0 Å². The summed E-state index contributed by atoms with van der Waals surface area (Å²) in [7, 11) is 0. The zero-order valence-electron chi connectivity index (χ0n) is 25.4. The minimum absolute atomic E-state index is 0.0237. The van der Waals surface area contributed by atoms with Crippen molar-refractivity contribution in [3.05, 3.63) is 130 Å². The highest BCUT2D eigenvalue weighted by Crippen LogP contribution is 2.53. The number of aromatic hydroxyl groups is 3. The number of oxazole rings is 2. The lowest BCUT2D eigenvalue weighted by Crippen LogP contribution is -2.15. The Hall–Kier alpha value is -5.91. The molecule has 0 aliphatic heterocycles. The van der Waals surface area contributed by atoms with Crippen LogP contribution in [0.4, 0.5) is 25.8 Å². The molecule has 0 spiro atoms. The molecule has 246 valence electrons. The molecule has 0 unspecified atom stereocenters. The van der Waals surface area contributed by atoms with Gasteiger partial charge in [0.15, 0.2) is 22.8 Å². The lowest BCUT2D eigenvalue weighted by Gasteiger charge is -2.29. The van der Waals surface area contributed by atoms with Gasteiger partial charge in [0.05, 0.1) is 5.02 Å². The Morgan fingerprint density at radius 3 is 1.80 bits per heavy atom. The summed E-state index contributed by atoms with van der Waals surface area (Å²) in [6.45, 7) is 0. The Kier molecular flexibility index (Phi) is 7.65. The van der Waals surface area contributed by atoms with Gasteiger partial charge in [0, 0.05) is 15.6 Å². The van der Waals surface area contributed by atoms with Crippen molar-refractivity contribution < 1.29 is 32.9 Å². The predicted octanol–water partition coefficient (Wildman–Crippen LogP) is 11.3. The molecular formula is C38H21BrClF2N3O5. The van der Waals surface area contributed by atoms with Crippen molar-refractivity contribution in [1.29, 1.82) is 0 Å². The third-order valence-corrected chi connectivity index (χ3v) is 8.79. The molecule has 0 aliphatic rings. The monoisotopic (exact) mass is 751 g/mol. The van der Waals surface area contributed by atoms with Gasteiger partial charge >= 0.3 is 0 Å². The maximum atomic E-state index is 16.3. The van der Waals surface area contributed by atoms with E-state index in [1.165, 1.54) is 24.3 Å². The topological polar surface area (TPSA) is 116 Å². The lowest BCUT2D eigenvalue weighted by atomic mass is 10.1. The van der Waals surface area contributed by atoms with Crippen molar-refractivity contribution in [2.75, 3.05) is 4.90 Å². The Morgan fingerprint density at radius 1 is 0.560 bits per heavy atom. The lowest BCUT2D eigenvalue weighted by molar-refractivity contribution is 0.462. The zero-order valence-corrected chi connectivity index (χ0v) is 27.7. The van der Waals surface area contributed by atoms with Crippen molar-refractivity contribution in [1.82, 2.24) is 9.97 Å². The first kappa shape index (κ1) is 31.4. The predicted molar refractivity (Wildman–Crippen MR) is 190 cm³/mol. The van der Waals surface area contributed by atoms with Crippen molar-refractivity contribution in [3.63, 3.8) is 0 Å². The number of rotatable bonds is 6. The number of aromatic nitrogens is 2. The van der Waals surface area contributed by atoms with Crippen molar-refractivity contribution in [3.8, 4) is 51.3 Å². The summed E-state index contributed by atoms with van der Waals surface area (Å²) in [4.78, 5) is 9.75. The number of halogens is 4. The summed E-state index contributed by atoms with van der Waals surface area (Å²) in [6, 6.07) is 29.3. The van der Waals surface area contributed by atoms with E-state index in [1.807, 2.05) is 42.5 Å². The summed E-state index contributed by atoms with van der Waals surface area (Å²) >= 11 is 9.91. The second-order valence-electron chi connectivity index (χ2n) is 11.3. The number of phenolic OH excluding ortho intramolecular Hbond substituents is 3. The third kappa shape index (κ3) is 5.46. The third-order valence-electron chi connectivity index (χ3n) is 8.05. The largest absolute Gasteiger partial charge is 0.506 e. The van der Waals surface area contributed by atoms with Crippen LogP contribution in [0.2, 0.25) is 5.02 Å². The first-order chi connectivity index (χ1) is 24.1. The van der Waals surface area contributed by atoms with E-state index in [4.69, 9.17) is 20.4 Å². The molecule has 6 aromatic carbocycles. The number of hydrogen-bond acceptors (Lipinski definition) is 8. The number of hydrogen-bond donors (Lipinski definition) is 3. The van der Waals surface area contributed by atoms with Crippen LogP contribution >= 0.6 is 27.5 Å². The van der Waals surface area contributed by atoms with Gasteiger partial charge in [-0.05, 0) is 71.8 Å². The van der Waals surface area contributed by atoms with E-state index in [9.17, 15) is 15.3 Å². The number of para-hydroxylation sites is 2. The SMILES string of the molecule is Oc1cc(Br)cc(F)c1N(c1c(O)cc(-c2nc3ccccc3o2)cc1F)c1c(O)cc(-c2nc3cc(-c4ccccc4)ccc3o2)cc1Cl. The van der Waals surface area contributed by atoms with E-state index >= 15 is 8.78 Å². The quantitative estimate of drug-likeness (QED) is 0.154. The van der Waals surface area contributed by atoms with Gasteiger partial charge in [-0.3, -0.25) is 4.90 Å². The van der Waals surface area contributed by atoms with Gasteiger partial charge < -0.3 is 24.2 Å². The van der Waals surface area contributed by atoms with Crippen LogP contribution in [0.5, 0.6) is 17.2 Å². The van der Waals surface area contributed by atoms with E-state index in [0.29, 0.717) is 22.2 Å². The highest BCUT2D eigenvalue weighted by atomic mass is 79.9. The van der Waals surface area contributed by atoms with Gasteiger partial charge in [0.2, 0.25) is 11.8 Å². The Labute approximate surface area is 295 Å². The Morgan fingerprint density at radius 2 is 1.14 bits per heavy atom. The second-order valence-corrected chi connectivity index (χ2v) is 12.6. The number of phenols is 3. The summed E-state index contributed by atoms with van der Waals surface area (Å²) in [5, 5.41) is 33.6. The van der Waals surface area contributed by atoms with Crippen LogP contribution < -0.4 is 4.90 Å². The summed E-state index contributed by atoms with van der Waals surface area (Å²) < 4.78 is 43.9. The molecule has 8 nitrogen and oxygen atoms in total. The molecular weight excluding hydrogens is 732 g/mol. The molecule has 0 radical (unpaired) electrons. The smallest absolute Gasteiger partial charge is 0.227 e. The van der Waals surface area contributed by atoms with E-state index in [1.54, 1.807) is 30.3 Å². The van der Waals surface area contributed by atoms with Gasteiger partial charge in [0.1, 0.15) is 45.3 Å². The molecule has 0 atom stereocenters. The molecule has 3 N–H and O–H groups in total. The van der Waals surface area contributed by atoms with E-state index in [0.717, 1.165) is 28.2 Å². The molecule has 0 amide bonds. The standard InChI is InChI=1S/C38H21BrClF2N3O5/c39-23-17-26(42)36(31(48)18-23)45(35-25(41)13-22(16-30(35)47)38-43-27-8-4-5-9-32(27)49-38)34-24(40)12-21(15-29(34)46)37-44-28-14-20(10-11-33(28)50-37)19-6-2-1-3-7-19/h1-18,46-48H. The van der Waals surface area contributed by atoms with Crippen LogP contribution in [0.15, 0.2) is 123 Å². The molecule has 8 rings (SSSR count). The first-order valence-corrected chi connectivity index (χ1v) is 16.2. The average Bonchev–Trinajstić information content (AvgIpc) is 3.72. The first-order valence-electron chi connectivity index (χ1n) is 15.0. The molecule has 0 bridgehead atoms. The summed E-state index contributed by atoms with van der Waals surface area (Å²) in [5.41, 5.74) is 2.67. The maximum Gasteiger partial charge on any atom is 0.227 e. The average molecular weight is 753 g/mol. The molecule has 0 fully saturated rings. The van der Waals surface area contributed by atoms with E-state index in [2.05, 4.69) is 25.9 Å². The fourth-order valence-corrected chi connectivity index (χ4v) is 6.54. The second kappa shape index (κ2) is 12.2. The highest BCUT2D eigenvalue weighted by Gasteiger charge is 2.31. The number of nitrogens with zero attached hydrogens (tertiary/aromatic N) is 3. The molecule has 2 aromatic heterocycles. The molecule has 8 aromatic rings. The molecule has 0 aliphatic carbocycles. The summed E-state index contributed by atoms with van der Waals surface area (Å²) in [5.74, 6) is -3.86. The fourth-order valence-electron chi connectivity index (χ4n) is 5.82. The van der Waals surface area contributed by atoms with Gasteiger partial charge in [-0.15, -0.1) is 0 Å². The number of benzene rings is 6. The molecule has 50 heavy (non-hydrogen) atoms. The highest BCUT2D eigenvalue weighted by molar-refractivity contribution is 9.10. The van der Waals surface area contributed by atoms with Crippen molar-refractivity contribution >= 4 is 66.8 Å².